The molecule has 3 aromatic rings. The van der Waals surface area contributed by atoms with E-state index in [1.807, 2.05) is 54.6 Å². The van der Waals surface area contributed by atoms with E-state index in [-0.39, 0.29) is 5.91 Å². The standard InChI is InChI=1S/C16H11IN2O2/c17-12-6-8-13(9-7-12)18-16(20)14-10-21-19-15(14)11-4-2-1-3-5-11/h1-10H,(H,18,20). The normalized spacial score (nSPS) is 10.3. The molecule has 1 heterocycles. The number of carbonyl (C=O) groups is 1. The van der Waals surface area contributed by atoms with Crippen molar-refractivity contribution in [3.05, 3.63) is 70.0 Å². The number of halogens is 1. The van der Waals surface area contributed by atoms with Crippen LogP contribution in [0.5, 0.6) is 0 Å². The van der Waals surface area contributed by atoms with Gasteiger partial charge in [0.2, 0.25) is 0 Å². The van der Waals surface area contributed by atoms with Crippen LogP contribution in [0.25, 0.3) is 11.3 Å². The number of nitrogens with zero attached hydrogens (tertiary/aromatic N) is 1. The number of anilines is 1. The Balaban J connectivity index is 1.86. The molecule has 0 aliphatic rings. The Bertz CT molecular complexity index is 751. The third-order valence-electron chi connectivity index (χ3n) is 2.96. The van der Waals surface area contributed by atoms with Gasteiger partial charge in [-0.25, -0.2) is 0 Å². The lowest BCUT2D eigenvalue weighted by Crippen LogP contribution is -2.12. The van der Waals surface area contributed by atoms with E-state index in [1.54, 1.807) is 0 Å². The molecule has 0 aliphatic heterocycles. The van der Waals surface area contributed by atoms with Crippen LogP contribution in [-0.4, -0.2) is 11.1 Å². The highest BCUT2D eigenvalue weighted by Gasteiger charge is 2.17. The first-order valence-electron chi connectivity index (χ1n) is 6.31. The molecule has 1 N–H and O–H groups in total. The van der Waals surface area contributed by atoms with Crippen molar-refractivity contribution in [2.24, 2.45) is 0 Å². The van der Waals surface area contributed by atoms with E-state index in [2.05, 4.69) is 33.1 Å². The second kappa shape index (κ2) is 6.09. The van der Waals surface area contributed by atoms with Gasteiger partial charge in [-0.15, -0.1) is 0 Å². The molecule has 2 aromatic carbocycles. The summed E-state index contributed by atoms with van der Waals surface area (Å²) in [5.41, 5.74) is 2.54. The maximum absolute atomic E-state index is 12.3. The summed E-state index contributed by atoms with van der Waals surface area (Å²) in [5.74, 6) is -0.240. The van der Waals surface area contributed by atoms with Gasteiger partial charge >= 0.3 is 0 Å². The third kappa shape index (κ3) is 3.13. The zero-order valence-corrected chi connectivity index (χ0v) is 13.1. The van der Waals surface area contributed by atoms with E-state index >= 15 is 0 Å². The molecule has 5 heteroatoms. The van der Waals surface area contributed by atoms with Crippen LogP contribution in [0.15, 0.2) is 65.4 Å². The Labute approximate surface area is 135 Å². The Hall–Kier alpha value is -2.15. The second-order valence-corrected chi connectivity index (χ2v) is 5.65. The van der Waals surface area contributed by atoms with Crippen molar-refractivity contribution in [2.75, 3.05) is 5.32 Å². The van der Waals surface area contributed by atoms with Gasteiger partial charge in [0.05, 0.1) is 0 Å². The number of amides is 1. The minimum Gasteiger partial charge on any atom is -0.363 e. The van der Waals surface area contributed by atoms with Crippen LogP contribution in [0.1, 0.15) is 10.4 Å². The van der Waals surface area contributed by atoms with Gasteiger partial charge in [0, 0.05) is 14.8 Å². The van der Waals surface area contributed by atoms with Crippen LogP contribution in [-0.2, 0) is 0 Å². The van der Waals surface area contributed by atoms with Crippen LogP contribution in [0.2, 0.25) is 0 Å². The molecule has 21 heavy (non-hydrogen) atoms. The number of nitrogens with one attached hydrogen (secondary N) is 1. The fourth-order valence-corrected chi connectivity index (χ4v) is 2.29. The summed E-state index contributed by atoms with van der Waals surface area (Å²) < 4.78 is 6.08. The van der Waals surface area contributed by atoms with Gasteiger partial charge in [0.25, 0.3) is 5.91 Å². The third-order valence-corrected chi connectivity index (χ3v) is 3.68. The van der Waals surface area contributed by atoms with Crippen LogP contribution in [0, 0.1) is 3.57 Å². The molecule has 1 aromatic heterocycles. The van der Waals surface area contributed by atoms with Crippen LogP contribution < -0.4 is 5.32 Å². The number of aromatic nitrogens is 1. The lowest BCUT2D eigenvalue weighted by atomic mass is 10.1. The molecule has 0 radical (unpaired) electrons. The maximum Gasteiger partial charge on any atom is 0.261 e. The van der Waals surface area contributed by atoms with Crippen molar-refractivity contribution < 1.29 is 9.32 Å². The summed E-state index contributed by atoms with van der Waals surface area (Å²) in [7, 11) is 0. The molecular weight excluding hydrogens is 379 g/mol. The fourth-order valence-electron chi connectivity index (χ4n) is 1.93. The molecule has 0 unspecified atom stereocenters. The number of hydrogen-bond donors (Lipinski definition) is 1. The van der Waals surface area contributed by atoms with Crippen molar-refractivity contribution in [3.8, 4) is 11.3 Å². The average molecular weight is 390 g/mol. The van der Waals surface area contributed by atoms with E-state index in [0.717, 1.165) is 14.8 Å². The van der Waals surface area contributed by atoms with Gasteiger partial charge in [-0.3, -0.25) is 4.79 Å². The van der Waals surface area contributed by atoms with Gasteiger partial charge < -0.3 is 9.84 Å². The smallest absolute Gasteiger partial charge is 0.261 e. The number of hydrogen-bond acceptors (Lipinski definition) is 3. The fraction of sp³-hybridized carbons (Fsp3) is 0. The van der Waals surface area contributed by atoms with Gasteiger partial charge in [0.1, 0.15) is 17.5 Å². The SMILES string of the molecule is O=C(Nc1ccc(I)cc1)c1conc1-c1ccccc1. The van der Waals surface area contributed by atoms with Crippen molar-refractivity contribution in [2.45, 2.75) is 0 Å². The molecule has 3 rings (SSSR count). The highest BCUT2D eigenvalue weighted by atomic mass is 127. The predicted molar refractivity (Wildman–Crippen MR) is 89.1 cm³/mol. The van der Waals surface area contributed by atoms with Crippen LogP contribution >= 0.6 is 22.6 Å². The minimum absolute atomic E-state index is 0.240. The number of benzene rings is 2. The quantitative estimate of drug-likeness (QED) is 0.683. The maximum atomic E-state index is 12.3. The number of carbonyl (C=O) groups excluding carboxylic acids is 1. The Kier molecular flexibility index (Phi) is 4.01. The van der Waals surface area contributed by atoms with Gasteiger partial charge in [-0.05, 0) is 46.9 Å². The van der Waals surface area contributed by atoms with E-state index in [0.29, 0.717) is 11.3 Å². The first kappa shape index (κ1) is 13.8. The van der Waals surface area contributed by atoms with E-state index < -0.39 is 0 Å². The van der Waals surface area contributed by atoms with Gasteiger partial charge in [-0.1, -0.05) is 35.5 Å². The summed E-state index contributed by atoms with van der Waals surface area (Å²) in [6.45, 7) is 0. The predicted octanol–water partition coefficient (Wildman–Crippen LogP) is 4.20. The van der Waals surface area contributed by atoms with E-state index in [1.165, 1.54) is 6.26 Å². The van der Waals surface area contributed by atoms with Crippen molar-refractivity contribution in [1.82, 2.24) is 5.16 Å². The van der Waals surface area contributed by atoms with Crippen LogP contribution in [0.3, 0.4) is 0 Å². The molecule has 0 saturated carbocycles. The Morgan fingerprint density at radius 2 is 1.76 bits per heavy atom. The Morgan fingerprint density at radius 1 is 1.05 bits per heavy atom. The van der Waals surface area contributed by atoms with Crippen molar-refractivity contribution in [1.29, 1.82) is 0 Å². The monoisotopic (exact) mass is 390 g/mol. The lowest BCUT2D eigenvalue weighted by Gasteiger charge is -2.05. The summed E-state index contributed by atoms with van der Waals surface area (Å²) in [6.07, 6.45) is 1.37. The first-order valence-corrected chi connectivity index (χ1v) is 7.38. The van der Waals surface area contributed by atoms with Crippen molar-refractivity contribution in [3.63, 3.8) is 0 Å². The van der Waals surface area contributed by atoms with E-state index in [4.69, 9.17) is 4.52 Å². The summed E-state index contributed by atoms with van der Waals surface area (Å²) >= 11 is 2.22. The highest BCUT2D eigenvalue weighted by Crippen LogP contribution is 2.23. The van der Waals surface area contributed by atoms with Crippen molar-refractivity contribution >= 4 is 34.2 Å². The molecule has 0 bridgehead atoms. The molecular formula is C16H11IN2O2. The first-order chi connectivity index (χ1) is 10.2. The van der Waals surface area contributed by atoms with Gasteiger partial charge in [-0.2, -0.15) is 0 Å². The molecule has 4 nitrogen and oxygen atoms in total. The molecule has 0 atom stereocenters. The number of rotatable bonds is 3. The summed E-state index contributed by atoms with van der Waals surface area (Å²) in [6, 6.07) is 17.1. The molecule has 1 amide bonds. The topological polar surface area (TPSA) is 55.1 Å². The Morgan fingerprint density at radius 3 is 2.48 bits per heavy atom. The largest absolute Gasteiger partial charge is 0.363 e. The molecule has 104 valence electrons. The molecule has 0 saturated heterocycles. The average Bonchev–Trinajstić information content (AvgIpc) is 3.00. The lowest BCUT2D eigenvalue weighted by molar-refractivity contribution is 0.102. The summed E-state index contributed by atoms with van der Waals surface area (Å²) in [4.78, 5) is 12.3. The zero-order valence-electron chi connectivity index (χ0n) is 10.9. The minimum atomic E-state index is -0.240. The zero-order chi connectivity index (χ0) is 14.7. The molecule has 0 aliphatic carbocycles. The van der Waals surface area contributed by atoms with Crippen LogP contribution in [0.4, 0.5) is 5.69 Å². The highest BCUT2D eigenvalue weighted by molar-refractivity contribution is 14.1. The second-order valence-electron chi connectivity index (χ2n) is 4.40. The van der Waals surface area contributed by atoms with E-state index in [9.17, 15) is 4.79 Å². The summed E-state index contributed by atoms with van der Waals surface area (Å²) in [5, 5.41) is 6.77. The molecule has 0 fully saturated rings. The van der Waals surface area contributed by atoms with Gasteiger partial charge in [0.15, 0.2) is 0 Å². The molecule has 0 spiro atoms.